The molecule has 0 fully saturated rings. The fraction of sp³-hybridized carbons (Fsp3) is 0.519. The standard InChI is InChI=1S/C27H44NO7P/c1-2-3-4-5-6-7-8-9-10-11-12-13-14-15-16-17-18-19-20-21-27(30)33-24-26(29)25-35-36(31,32)34-23-22-28/h3-4,6-7,9-10,12-13,15-16,18-19,26,29H,2,5,8,11,14,17,20-25,28H2,1H3,(H,31,32)/t26-/m1/s1. The third kappa shape index (κ3) is 25.0. The Balaban J connectivity index is 3.74. The molecule has 0 amide bonds. The summed E-state index contributed by atoms with van der Waals surface area (Å²) in [5, 5.41) is 9.67. The van der Waals surface area contributed by atoms with Crippen molar-refractivity contribution in [2.45, 2.75) is 64.4 Å². The molecule has 0 heterocycles. The van der Waals surface area contributed by atoms with Crippen LogP contribution in [0.1, 0.15) is 58.3 Å². The lowest BCUT2D eigenvalue weighted by Crippen LogP contribution is -2.23. The minimum absolute atomic E-state index is 0.0604. The minimum atomic E-state index is -4.27. The number of hydrogen-bond donors (Lipinski definition) is 3. The number of phosphoric ester groups is 1. The van der Waals surface area contributed by atoms with E-state index in [0.717, 1.165) is 38.5 Å². The van der Waals surface area contributed by atoms with Crippen LogP contribution in [0.4, 0.5) is 0 Å². The van der Waals surface area contributed by atoms with Crippen LogP contribution in [0, 0.1) is 0 Å². The fourth-order valence-electron chi connectivity index (χ4n) is 2.54. The summed E-state index contributed by atoms with van der Waals surface area (Å²) < 4.78 is 25.5. The fourth-order valence-corrected chi connectivity index (χ4v) is 3.31. The lowest BCUT2D eigenvalue weighted by atomic mass is 10.2. The number of carbonyl (C=O) groups excluding carboxylic acids is 1. The zero-order valence-electron chi connectivity index (χ0n) is 21.5. The van der Waals surface area contributed by atoms with Gasteiger partial charge in [-0.25, -0.2) is 4.57 Å². The summed E-state index contributed by atoms with van der Waals surface area (Å²) in [6.07, 6.45) is 30.5. The molecule has 0 aliphatic rings. The van der Waals surface area contributed by atoms with Crippen LogP contribution in [0.15, 0.2) is 72.9 Å². The summed E-state index contributed by atoms with van der Waals surface area (Å²) in [7, 11) is -4.27. The van der Waals surface area contributed by atoms with E-state index in [9.17, 15) is 19.4 Å². The first-order valence-electron chi connectivity index (χ1n) is 12.5. The molecule has 0 radical (unpaired) electrons. The molecule has 0 aromatic heterocycles. The van der Waals surface area contributed by atoms with Gasteiger partial charge in [-0.15, -0.1) is 0 Å². The molecule has 9 heteroatoms. The molecular formula is C27H44NO7P. The first kappa shape index (κ1) is 33.9. The molecule has 0 aliphatic heterocycles. The quantitative estimate of drug-likeness (QED) is 0.0966. The third-order valence-electron chi connectivity index (χ3n) is 4.35. The summed E-state index contributed by atoms with van der Waals surface area (Å²) in [6.45, 7) is 1.21. The molecule has 8 nitrogen and oxygen atoms in total. The van der Waals surface area contributed by atoms with Crippen molar-refractivity contribution in [3.05, 3.63) is 72.9 Å². The van der Waals surface area contributed by atoms with Gasteiger partial charge in [0, 0.05) is 13.0 Å². The molecule has 0 saturated carbocycles. The first-order chi connectivity index (χ1) is 17.4. The van der Waals surface area contributed by atoms with Crippen molar-refractivity contribution in [2.24, 2.45) is 5.73 Å². The normalized spacial score (nSPS) is 15.3. The highest BCUT2D eigenvalue weighted by Gasteiger charge is 2.22. The molecule has 1 unspecified atom stereocenters. The Morgan fingerprint density at radius 2 is 1.28 bits per heavy atom. The molecule has 36 heavy (non-hydrogen) atoms. The van der Waals surface area contributed by atoms with Gasteiger partial charge in [0.15, 0.2) is 0 Å². The Hall–Kier alpha value is -2.06. The molecule has 0 aromatic rings. The van der Waals surface area contributed by atoms with Crippen molar-refractivity contribution in [1.29, 1.82) is 0 Å². The van der Waals surface area contributed by atoms with Crippen molar-refractivity contribution in [3.63, 3.8) is 0 Å². The predicted octanol–water partition coefficient (Wildman–Crippen LogP) is 5.46. The molecule has 0 saturated heterocycles. The van der Waals surface area contributed by atoms with Gasteiger partial charge in [0.05, 0.1) is 13.2 Å². The highest BCUT2D eigenvalue weighted by molar-refractivity contribution is 7.47. The van der Waals surface area contributed by atoms with Crippen LogP contribution in [0.2, 0.25) is 0 Å². The van der Waals surface area contributed by atoms with Gasteiger partial charge in [0.25, 0.3) is 0 Å². The van der Waals surface area contributed by atoms with Crippen molar-refractivity contribution in [2.75, 3.05) is 26.4 Å². The van der Waals surface area contributed by atoms with Crippen LogP contribution in [-0.4, -0.2) is 48.4 Å². The highest BCUT2D eigenvalue weighted by atomic mass is 31.2. The Bertz CT molecular complexity index is 772. The number of rotatable bonds is 22. The van der Waals surface area contributed by atoms with Gasteiger partial charge < -0.3 is 20.5 Å². The molecule has 0 aromatic carbocycles. The minimum Gasteiger partial charge on any atom is -0.463 e. The summed E-state index contributed by atoms with van der Waals surface area (Å²) in [5.41, 5.74) is 5.16. The zero-order chi connectivity index (χ0) is 26.7. The van der Waals surface area contributed by atoms with Crippen LogP contribution in [0.25, 0.3) is 0 Å². The Morgan fingerprint density at radius 3 is 1.75 bits per heavy atom. The van der Waals surface area contributed by atoms with Crippen LogP contribution in [0.5, 0.6) is 0 Å². The summed E-state index contributed by atoms with van der Waals surface area (Å²) >= 11 is 0. The maximum absolute atomic E-state index is 11.7. The van der Waals surface area contributed by atoms with E-state index < -0.39 is 26.5 Å². The molecule has 2 atom stereocenters. The van der Waals surface area contributed by atoms with Gasteiger partial charge in [0.1, 0.15) is 12.7 Å². The zero-order valence-corrected chi connectivity index (χ0v) is 22.3. The lowest BCUT2D eigenvalue weighted by Gasteiger charge is -2.15. The number of ether oxygens (including phenoxy) is 1. The number of allylic oxidation sites excluding steroid dienone is 12. The molecule has 0 spiro atoms. The summed E-state index contributed by atoms with van der Waals surface area (Å²) in [5.74, 6) is -0.472. The van der Waals surface area contributed by atoms with Gasteiger partial charge in [-0.05, 0) is 44.9 Å². The maximum Gasteiger partial charge on any atom is 0.472 e. The number of aliphatic hydroxyl groups excluding tert-OH is 1. The maximum atomic E-state index is 11.7. The first-order valence-corrected chi connectivity index (χ1v) is 14.0. The second-order valence-electron chi connectivity index (χ2n) is 7.68. The third-order valence-corrected chi connectivity index (χ3v) is 5.33. The van der Waals surface area contributed by atoms with Crippen molar-refractivity contribution in [3.8, 4) is 0 Å². The van der Waals surface area contributed by atoms with Gasteiger partial charge in [-0.2, -0.15) is 0 Å². The highest BCUT2D eigenvalue weighted by Crippen LogP contribution is 2.42. The van der Waals surface area contributed by atoms with Crippen molar-refractivity contribution >= 4 is 13.8 Å². The molecule has 4 N–H and O–H groups in total. The molecule has 0 aliphatic carbocycles. The number of hydrogen-bond acceptors (Lipinski definition) is 7. The van der Waals surface area contributed by atoms with E-state index >= 15 is 0 Å². The van der Waals surface area contributed by atoms with E-state index in [1.165, 1.54) is 0 Å². The van der Waals surface area contributed by atoms with E-state index in [-0.39, 0.29) is 26.2 Å². The molecule has 204 valence electrons. The SMILES string of the molecule is CCC=CCC=CCC=CCC=CCC=CCC=CCCC(=O)OC[C@@H](O)COP(=O)(O)OCCN. The molecule has 0 rings (SSSR count). The van der Waals surface area contributed by atoms with Crippen molar-refractivity contribution < 1.29 is 33.1 Å². The molecule has 0 bridgehead atoms. The van der Waals surface area contributed by atoms with E-state index in [1.807, 2.05) is 12.2 Å². The van der Waals surface area contributed by atoms with Crippen molar-refractivity contribution in [1.82, 2.24) is 0 Å². The molecular weight excluding hydrogens is 481 g/mol. The summed E-state index contributed by atoms with van der Waals surface area (Å²) in [4.78, 5) is 21.0. The average Bonchev–Trinajstić information content (AvgIpc) is 2.86. The number of nitrogens with two attached hydrogens (primary N) is 1. The second-order valence-corrected chi connectivity index (χ2v) is 9.13. The van der Waals surface area contributed by atoms with Gasteiger partial charge in [0.2, 0.25) is 0 Å². The van der Waals surface area contributed by atoms with E-state index in [0.29, 0.717) is 6.42 Å². The monoisotopic (exact) mass is 525 g/mol. The van der Waals surface area contributed by atoms with Crippen LogP contribution < -0.4 is 5.73 Å². The number of phosphoric acid groups is 1. The summed E-state index contributed by atoms with van der Waals surface area (Å²) in [6, 6.07) is 0. The van der Waals surface area contributed by atoms with E-state index in [4.69, 9.17) is 10.5 Å². The van der Waals surface area contributed by atoms with Crippen LogP contribution >= 0.6 is 7.82 Å². The topological polar surface area (TPSA) is 128 Å². The van der Waals surface area contributed by atoms with Gasteiger partial charge >= 0.3 is 13.8 Å². The Labute approximate surface area is 216 Å². The lowest BCUT2D eigenvalue weighted by molar-refractivity contribution is -0.147. The van der Waals surface area contributed by atoms with E-state index in [2.05, 4.69) is 76.7 Å². The van der Waals surface area contributed by atoms with Crippen LogP contribution in [0.3, 0.4) is 0 Å². The number of carbonyl (C=O) groups is 1. The predicted molar refractivity (Wildman–Crippen MR) is 145 cm³/mol. The average molecular weight is 526 g/mol. The largest absolute Gasteiger partial charge is 0.472 e. The van der Waals surface area contributed by atoms with Gasteiger partial charge in [-0.1, -0.05) is 79.8 Å². The number of esters is 1. The second kappa shape index (κ2) is 24.6. The number of aliphatic hydroxyl groups is 1. The Kier molecular flexibility index (Phi) is 23.2. The Morgan fingerprint density at radius 1 is 0.806 bits per heavy atom. The van der Waals surface area contributed by atoms with Crippen LogP contribution in [-0.2, 0) is 23.1 Å². The van der Waals surface area contributed by atoms with E-state index in [1.54, 1.807) is 0 Å². The smallest absolute Gasteiger partial charge is 0.463 e. The van der Waals surface area contributed by atoms with Gasteiger partial charge in [-0.3, -0.25) is 13.8 Å².